The van der Waals surface area contributed by atoms with Crippen molar-refractivity contribution >= 4 is 34.9 Å². The lowest BCUT2D eigenvalue weighted by molar-refractivity contribution is 0.0880. The van der Waals surface area contributed by atoms with Crippen LogP contribution in [0.25, 0.3) is 5.69 Å². The van der Waals surface area contributed by atoms with Crippen LogP contribution in [0.3, 0.4) is 0 Å². The molecule has 8 heteroatoms. The van der Waals surface area contributed by atoms with Crippen molar-refractivity contribution < 1.29 is 9.59 Å². The van der Waals surface area contributed by atoms with Gasteiger partial charge in [-0.25, -0.2) is 0 Å². The first kappa shape index (κ1) is 16.7. The number of benzene rings is 1. The van der Waals surface area contributed by atoms with Gasteiger partial charge in [-0.1, -0.05) is 11.6 Å². The Morgan fingerprint density at radius 2 is 1.73 bits per heavy atom. The molecule has 2 aliphatic heterocycles. The summed E-state index contributed by atoms with van der Waals surface area (Å²) in [6.07, 6.45) is 3.46. The second-order valence-electron chi connectivity index (χ2n) is 6.46. The monoisotopic (exact) mass is 372 g/mol. The molecule has 0 radical (unpaired) electrons. The molecule has 1 aromatic carbocycles. The van der Waals surface area contributed by atoms with Crippen LogP contribution in [0.15, 0.2) is 29.1 Å². The van der Waals surface area contributed by atoms with Crippen molar-refractivity contribution in [3.05, 3.63) is 50.8 Å². The number of pyridine rings is 1. The maximum Gasteiger partial charge on any atom is 0.262 e. The molecule has 1 fully saturated rings. The third-order valence-electron chi connectivity index (χ3n) is 4.84. The summed E-state index contributed by atoms with van der Waals surface area (Å²) in [7, 11) is 0. The quantitative estimate of drug-likeness (QED) is 0.785. The number of anilines is 2. The number of carbonyl (C=O) groups excluding carboxylic acids is 2. The number of nitrogen functional groups attached to an aromatic ring is 1. The molecule has 0 atom stereocenters. The maximum absolute atomic E-state index is 12.5. The Labute approximate surface area is 154 Å². The summed E-state index contributed by atoms with van der Waals surface area (Å²) in [5.41, 5.74) is 6.94. The lowest BCUT2D eigenvalue weighted by Gasteiger charge is -2.29. The van der Waals surface area contributed by atoms with Crippen molar-refractivity contribution in [3.8, 4) is 5.69 Å². The Morgan fingerprint density at radius 3 is 2.42 bits per heavy atom. The molecule has 134 valence electrons. The smallest absolute Gasteiger partial charge is 0.262 e. The van der Waals surface area contributed by atoms with Crippen LogP contribution in [0, 0.1) is 0 Å². The highest BCUT2D eigenvalue weighted by molar-refractivity contribution is 6.33. The fraction of sp³-hybridized carbons (Fsp3) is 0.278. The standard InChI is InChI=1S/C18H17ClN4O3/c19-12-8-10(4-5-13(12)22-6-2-1-3-7-22)23-14(24)9-11-15(16(23)20)18(26)21-17(11)25/h4-5,8-9H,1-3,6-7,20H2,(H,21,25,26). The summed E-state index contributed by atoms with van der Waals surface area (Å²) in [4.78, 5) is 38.4. The van der Waals surface area contributed by atoms with E-state index in [1.165, 1.54) is 11.0 Å². The normalized spacial score (nSPS) is 16.6. The highest BCUT2D eigenvalue weighted by Gasteiger charge is 2.32. The first-order chi connectivity index (χ1) is 12.5. The van der Waals surface area contributed by atoms with E-state index in [-0.39, 0.29) is 16.9 Å². The van der Waals surface area contributed by atoms with Crippen molar-refractivity contribution in [2.24, 2.45) is 0 Å². The van der Waals surface area contributed by atoms with Gasteiger partial charge in [-0.3, -0.25) is 24.3 Å². The summed E-state index contributed by atoms with van der Waals surface area (Å²) in [6, 6.07) is 6.38. The van der Waals surface area contributed by atoms with Gasteiger partial charge in [0.1, 0.15) is 5.82 Å². The van der Waals surface area contributed by atoms with Crippen molar-refractivity contribution in [1.82, 2.24) is 9.88 Å². The molecular formula is C18H17ClN4O3. The summed E-state index contributed by atoms with van der Waals surface area (Å²) in [5, 5.41) is 2.66. The second-order valence-corrected chi connectivity index (χ2v) is 6.87. The van der Waals surface area contributed by atoms with Gasteiger partial charge < -0.3 is 10.6 Å². The van der Waals surface area contributed by atoms with Gasteiger partial charge in [0.25, 0.3) is 17.4 Å². The molecule has 1 aromatic heterocycles. The van der Waals surface area contributed by atoms with Crippen molar-refractivity contribution in [2.75, 3.05) is 23.7 Å². The summed E-state index contributed by atoms with van der Waals surface area (Å²) in [6.45, 7) is 1.89. The number of amides is 2. The number of hydrogen-bond donors (Lipinski definition) is 2. The maximum atomic E-state index is 12.5. The van der Waals surface area contributed by atoms with Crippen LogP contribution < -0.4 is 21.5 Å². The van der Waals surface area contributed by atoms with Crippen LogP contribution in [0.5, 0.6) is 0 Å². The van der Waals surface area contributed by atoms with Crippen molar-refractivity contribution in [3.63, 3.8) is 0 Å². The topological polar surface area (TPSA) is 97.4 Å². The van der Waals surface area contributed by atoms with Gasteiger partial charge in [0.15, 0.2) is 0 Å². The van der Waals surface area contributed by atoms with Crippen LogP contribution in [0.2, 0.25) is 5.02 Å². The fourth-order valence-corrected chi connectivity index (χ4v) is 3.87. The molecule has 7 nitrogen and oxygen atoms in total. The van der Waals surface area contributed by atoms with E-state index in [4.69, 9.17) is 17.3 Å². The molecule has 0 unspecified atom stereocenters. The van der Waals surface area contributed by atoms with E-state index in [2.05, 4.69) is 10.2 Å². The minimum Gasteiger partial charge on any atom is -0.384 e. The molecule has 3 heterocycles. The molecule has 4 rings (SSSR count). The SMILES string of the molecule is Nc1c2c(cc(=O)n1-c1ccc(N3CCCCC3)c(Cl)c1)C(=O)NC2=O. The zero-order valence-corrected chi connectivity index (χ0v) is 14.7. The van der Waals surface area contributed by atoms with Gasteiger partial charge in [0.2, 0.25) is 0 Å². The third-order valence-corrected chi connectivity index (χ3v) is 5.14. The summed E-state index contributed by atoms with van der Waals surface area (Å²) < 4.78 is 1.20. The van der Waals surface area contributed by atoms with E-state index >= 15 is 0 Å². The van der Waals surface area contributed by atoms with Gasteiger partial charge >= 0.3 is 0 Å². The number of carbonyl (C=O) groups is 2. The minimum atomic E-state index is -0.612. The zero-order valence-electron chi connectivity index (χ0n) is 13.9. The summed E-state index contributed by atoms with van der Waals surface area (Å²) >= 11 is 6.46. The molecule has 0 saturated carbocycles. The fourth-order valence-electron chi connectivity index (χ4n) is 3.57. The second kappa shape index (κ2) is 6.17. The van der Waals surface area contributed by atoms with Gasteiger partial charge in [-0.05, 0) is 37.5 Å². The first-order valence-corrected chi connectivity index (χ1v) is 8.81. The Morgan fingerprint density at radius 1 is 1.00 bits per heavy atom. The molecule has 2 aliphatic rings. The summed E-state index contributed by atoms with van der Waals surface area (Å²) in [5.74, 6) is -1.29. The number of rotatable bonds is 2. The van der Waals surface area contributed by atoms with Crippen LogP contribution in [-0.4, -0.2) is 29.5 Å². The number of aromatic nitrogens is 1. The largest absolute Gasteiger partial charge is 0.384 e. The number of nitrogens with one attached hydrogen (secondary N) is 1. The molecule has 0 bridgehead atoms. The Balaban J connectivity index is 1.80. The van der Waals surface area contributed by atoms with E-state index in [9.17, 15) is 14.4 Å². The minimum absolute atomic E-state index is 0.00443. The van der Waals surface area contributed by atoms with E-state index in [0.717, 1.165) is 37.7 Å². The Kier molecular flexibility index (Phi) is 3.96. The average molecular weight is 373 g/mol. The highest BCUT2D eigenvalue weighted by Crippen LogP contribution is 2.31. The molecule has 0 spiro atoms. The predicted molar refractivity (Wildman–Crippen MR) is 99.3 cm³/mol. The van der Waals surface area contributed by atoms with Crippen LogP contribution >= 0.6 is 11.6 Å². The van der Waals surface area contributed by atoms with E-state index in [0.29, 0.717) is 10.7 Å². The van der Waals surface area contributed by atoms with Crippen LogP contribution in [0.1, 0.15) is 40.0 Å². The van der Waals surface area contributed by atoms with Crippen LogP contribution in [0.4, 0.5) is 11.5 Å². The molecular weight excluding hydrogens is 356 g/mol. The lowest BCUT2D eigenvalue weighted by Crippen LogP contribution is -2.29. The molecule has 3 N–H and O–H groups in total. The number of piperidine rings is 1. The molecule has 2 aromatic rings. The molecule has 26 heavy (non-hydrogen) atoms. The van der Waals surface area contributed by atoms with Gasteiger partial charge in [-0.2, -0.15) is 0 Å². The van der Waals surface area contributed by atoms with E-state index in [1.54, 1.807) is 12.1 Å². The van der Waals surface area contributed by atoms with Crippen LogP contribution in [-0.2, 0) is 0 Å². The van der Waals surface area contributed by atoms with Gasteiger partial charge in [0, 0.05) is 19.2 Å². The number of nitrogens with zero attached hydrogens (tertiary/aromatic N) is 2. The third kappa shape index (κ3) is 2.55. The van der Waals surface area contributed by atoms with E-state index < -0.39 is 17.4 Å². The number of hydrogen-bond acceptors (Lipinski definition) is 5. The average Bonchev–Trinajstić information content (AvgIpc) is 2.89. The zero-order chi connectivity index (χ0) is 18.4. The highest BCUT2D eigenvalue weighted by atomic mass is 35.5. The Bertz CT molecular complexity index is 993. The lowest BCUT2D eigenvalue weighted by atomic mass is 10.1. The molecule has 0 aliphatic carbocycles. The number of halogens is 1. The number of nitrogens with two attached hydrogens (primary N) is 1. The van der Waals surface area contributed by atoms with E-state index in [1.807, 2.05) is 6.07 Å². The van der Waals surface area contributed by atoms with Gasteiger partial charge in [0.05, 0.1) is 27.5 Å². The van der Waals surface area contributed by atoms with Gasteiger partial charge in [-0.15, -0.1) is 0 Å². The molecule has 2 amide bonds. The van der Waals surface area contributed by atoms with Crippen molar-refractivity contribution in [1.29, 1.82) is 0 Å². The number of imide groups is 1. The Hall–Kier alpha value is -2.80. The first-order valence-electron chi connectivity index (χ1n) is 8.43. The number of fused-ring (bicyclic) bond motifs is 1. The van der Waals surface area contributed by atoms with Crippen molar-refractivity contribution in [2.45, 2.75) is 19.3 Å². The predicted octanol–water partition coefficient (Wildman–Crippen LogP) is 1.95. The molecule has 1 saturated heterocycles.